The summed E-state index contributed by atoms with van der Waals surface area (Å²) in [5, 5.41) is 5.96. The maximum Gasteiger partial charge on any atom is 0.221 e. The van der Waals surface area contributed by atoms with Crippen LogP contribution in [0.4, 0.5) is 0 Å². The van der Waals surface area contributed by atoms with Crippen molar-refractivity contribution in [3.8, 4) is 5.88 Å². The molecule has 24 heavy (non-hydrogen) atoms. The molecule has 0 saturated carbocycles. The standard InChI is InChI=1S/C19H30N2O2Si/c1-19(2,3)24(5,6)23-12-11-20-13-15-14-21-18(22-4)17-10-8-7-9-16(15)17/h7-10,14,20H,11-13H2,1-6H3. The van der Waals surface area contributed by atoms with E-state index in [0.717, 1.165) is 25.1 Å². The minimum atomic E-state index is -1.66. The molecule has 1 aromatic heterocycles. The third-order valence-corrected chi connectivity index (χ3v) is 9.44. The Morgan fingerprint density at radius 2 is 1.79 bits per heavy atom. The van der Waals surface area contributed by atoms with Gasteiger partial charge in [0.2, 0.25) is 5.88 Å². The van der Waals surface area contributed by atoms with Gasteiger partial charge in [0.1, 0.15) is 0 Å². The van der Waals surface area contributed by atoms with Crippen LogP contribution in [0.25, 0.3) is 10.8 Å². The van der Waals surface area contributed by atoms with Crippen molar-refractivity contribution >= 4 is 19.1 Å². The van der Waals surface area contributed by atoms with E-state index in [0.29, 0.717) is 5.88 Å². The molecule has 0 unspecified atom stereocenters. The molecule has 5 heteroatoms. The Morgan fingerprint density at radius 3 is 2.42 bits per heavy atom. The second-order valence-electron chi connectivity index (χ2n) is 7.62. The summed E-state index contributed by atoms with van der Waals surface area (Å²) in [5.74, 6) is 0.676. The van der Waals surface area contributed by atoms with Gasteiger partial charge in [0, 0.05) is 31.3 Å². The fourth-order valence-electron chi connectivity index (χ4n) is 2.35. The maximum atomic E-state index is 6.20. The zero-order valence-electron chi connectivity index (χ0n) is 15.8. The first kappa shape index (κ1) is 18.9. The number of nitrogens with one attached hydrogen (secondary N) is 1. The lowest BCUT2D eigenvalue weighted by Crippen LogP contribution is -2.42. The third kappa shape index (κ3) is 4.35. The molecule has 0 saturated heterocycles. The van der Waals surface area contributed by atoms with E-state index in [1.807, 2.05) is 24.4 Å². The van der Waals surface area contributed by atoms with Crippen LogP contribution >= 0.6 is 0 Å². The summed E-state index contributed by atoms with van der Waals surface area (Å²) in [4.78, 5) is 4.41. The van der Waals surface area contributed by atoms with Gasteiger partial charge in [0.25, 0.3) is 0 Å². The number of hydrogen-bond acceptors (Lipinski definition) is 4. The lowest BCUT2D eigenvalue weighted by molar-refractivity contribution is 0.285. The highest BCUT2D eigenvalue weighted by Gasteiger charge is 2.36. The van der Waals surface area contributed by atoms with Crippen LogP contribution in [0.3, 0.4) is 0 Å². The van der Waals surface area contributed by atoms with Crippen molar-refractivity contribution in [2.75, 3.05) is 20.3 Å². The summed E-state index contributed by atoms with van der Waals surface area (Å²) < 4.78 is 11.5. The van der Waals surface area contributed by atoms with Crippen LogP contribution in [0.15, 0.2) is 30.5 Å². The van der Waals surface area contributed by atoms with Crippen molar-refractivity contribution in [3.63, 3.8) is 0 Å². The summed E-state index contributed by atoms with van der Waals surface area (Å²) >= 11 is 0. The number of ether oxygens (including phenoxy) is 1. The van der Waals surface area contributed by atoms with Gasteiger partial charge in [-0.05, 0) is 35.1 Å². The normalized spacial score (nSPS) is 12.6. The lowest BCUT2D eigenvalue weighted by Gasteiger charge is -2.36. The van der Waals surface area contributed by atoms with Crippen LogP contribution in [0.5, 0.6) is 5.88 Å². The molecule has 0 aliphatic heterocycles. The minimum absolute atomic E-state index is 0.253. The Kier molecular flexibility index (Phi) is 6.01. The SMILES string of the molecule is COc1ncc(CNCCO[Si](C)(C)C(C)(C)C)c2ccccc12. The Hall–Kier alpha value is -1.43. The van der Waals surface area contributed by atoms with Crippen molar-refractivity contribution in [2.24, 2.45) is 0 Å². The van der Waals surface area contributed by atoms with Gasteiger partial charge in [-0.15, -0.1) is 0 Å². The van der Waals surface area contributed by atoms with Crippen LogP contribution in [0.2, 0.25) is 18.1 Å². The first-order valence-electron chi connectivity index (χ1n) is 8.51. The highest BCUT2D eigenvalue weighted by Crippen LogP contribution is 2.36. The fourth-order valence-corrected chi connectivity index (χ4v) is 3.39. The second-order valence-corrected chi connectivity index (χ2v) is 12.4. The van der Waals surface area contributed by atoms with Gasteiger partial charge < -0.3 is 14.5 Å². The molecule has 132 valence electrons. The van der Waals surface area contributed by atoms with E-state index in [4.69, 9.17) is 9.16 Å². The molecule has 0 bridgehead atoms. The molecule has 0 fully saturated rings. The number of hydrogen-bond donors (Lipinski definition) is 1. The second kappa shape index (κ2) is 7.63. The van der Waals surface area contributed by atoms with Crippen LogP contribution < -0.4 is 10.1 Å². The van der Waals surface area contributed by atoms with Crippen LogP contribution in [0.1, 0.15) is 26.3 Å². The van der Waals surface area contributed by atoms with Crippen molar-refractivity contribution in [1.29, 1.82) is 0 Å². The largest absolute Gasteiger partial charge is 0.481 e. The monoisotopic (exact) mass is 346 g/mol. The van der Waals surface area contributed by atoms with Crippen molar-refractivity contribution in [3.05, 3.63) is 36.0 Å². The number of benzene rings is 1. The number of nitrogens with zero attached hydrogens (tertiary/aromatic N) is 1. The summed E-state index contributed by atoms with van der Waals surface area (Å²) in [6.45, 7) is 13.7. The third-order valence-electron chi connectivity index (χ3n) is 4.90. The summed E-state index contributed by atoms with van der Waals surface area (Å²) in [6, 6.07) is 8.22. The molecule has 0 aliphatic carbocycles. The number of pyridine rings is 1. The van der Waals surface area contributed by atoms with Gasteiger partial charge >= 0.3 is 0 Å². The average molecular weight is 347 g/mol. The Balaban J connectivity index is 1.93. The molecule has 1 heterocycles. The zero-order valence-corrected chi connectivity index (χ0v) is 16.8. The molecule has 0 atom stereocenters. The molecule has 1 aromatic carbocycles. The van der Waals surface area contributed by atoms with Crippen molar-refractivity contribution in [2.45, 2.75) is 45.4 Å². The number of aromatic nitrogens is 1. The zero-order chi connectivity index (χ0) is 17.8. The fraction of sp³-hybridized carbons (Fsp3) is 0.526. The van der Waals surface area contributed by atoms with E-state index in [1.165, 1.54) is 10.9 Å². The first-order valence-corrected chi connectivity index (χ1v) is 11.4. The minimum Gasteiger partial charge on any atom is -0.481 e. The van der Waals surface area contributed by atoms with Crippen molar-refractivity contribution in [1.82, 2.24) is 10.3 Å². The van der Waals surface area contributed by atoms with Crippen LogP contribution in [-0.2, 0) is 11.0 Å². The molecule has 4 nitrogen and oxygen atoms in total. The Bertz CT molecular complexity index is 681. The Morgan fingerprint density at radius 1 is 1.12 bits per heavy atom. The Labute approximate surface area is 146 Å². The van der Waals surface area contributed by atoms with E-state index in [1.54, 1.807) is 7.11 Å². The van der Waals surface area contributed by atoms with E-state index < -0.39 is 8.32 Å². The lowest BCUT2D eigenvalue weighted by atomic mass is 10.1. The van der Waals surface area contributed by atoms with Gasteiger partial charge in [-0.1, -0.05) is 39.0 Å². The predicted octanol–water partition coefficient (Wildman–Crippen LogP) is 4.35. The molecule has 0 aliphatic rings. The van der Waals surface area contributed by atoms with E-state index in [2.05, 4.69) is 50.2 Å². The number of rotatable bonds is 7. The average Bonchev–Trinajstić information content (AvgIpc) is 2.53. The van der Waals surface area contributed by atoms with Crippen molar-refractivity contribution < 1.29 is 9.16 Å². The predicted molar refractivity (Wildman–Crippen MR) is 103 cm³/mol. The maximum absolute atomic E-state index is 6.20. The molecule has 2 rings (SSSR count). The van der Waals surface area contributed by atoms with Gasteiger partial charge in [-0.2, -0.15) is 0 Å². The molecule has 2 aromatic rings. The summed E-state index contributed by atoms with van der Waals surface area (Å²) in [6.07, 6.45) is 1.89. The van der Waals surface area contributed by atoms with E-state index >= 15 is 0 Å². The smallest absolute Gasteiger partial charge is 0.221 e. The van der Waals surface area contributed by atoms with Gasteiger partial charge in [-0.25, -0.2) is 4.98 Å². The van der Waals surface area contributed by atoms with E-state index in [9.17, 15) is 0 Å². The number of fused-ring (bicyclic) bond motifs is 1. The highest BCUT2D eigenvalue weighted by atomic mass is 28.4. The van der Waals surface area contributed by atoms with Gasteiger partial charge in [-0.3, -0.25) is 0 Å². The summed E-state index contributed by atoms with van der Waals surface area (Å²) in [7, 11) is -0.00151. The molecular weight excluding hydrogens is 316 g/mol. The first-order chi connectivity index (χ1) is 11.3. The number of methoxy groups -OCH3 is 1. The van der Waals surface area contributed by atoms with Gasteiger partial charge in [0.15, 0.2) is 8.32 Å². The quantitative estimate of drug-likeness (QED) is 0.598. The molecule has 0 spiro atoms. The van der Waals surface area contributed by atoms with Crippen LogP contribution in [-0.4, -0.2) is 33.6 Å². The van der Waals surface area contributed by atoms with E-state index in [-0.39, 0.29) is 5.04 Å². The molecule has 0 radical (unpaired) electrons. The molecular formula is C19H30N2O2Si. The summed E-state index contributed by atoms with van der Waals surface area (Å²) in [5.41, 5.74) is 1.18. The van der Waals surface area contributed by atoms with Gasteiger partial charge in [0.05, 0.1) is 7.11 Å². The molecule has 0 amide bonds. The van der Waals surface area contributed by atoms with Crippen LogP contribution in [0, 0.1) is 0 Å². The molecule has 1 N–H and O–H groups in total. The topological polar surface area (TPSA) is 43.4 Å². The highest BCUT2D eigenvalue weighted by molar-refractivity contribution is 6.74.